The second kappa shape index (κ2) is 5.16. The molecule has 0 bridgehead atoms. The van der Waals surface area contributed by atoms with Crippen LogP contribution in [0.2, 0.25) is 0 Å². The summed E-state index contributed by atoms with van der Waals surface area (Å²) in [5.41, 5.74) is 14.1. The molecule has 0 unspecified atom stereocenters. The van der Waals surface area contributed by atoms with E-state index in [4.69, 9.17) is 11.5 Å². The molecule has 18 heavy (non-hydrogen) atoms. The van der Waals surface area contributed by atoms with E-state index in [0.29, 0.717) is 26.6 Å². The minimum atomic E-state index is -0.289. The Morgan fingerprint density at radius 3 is 2.33 bits per heavy atom. The van der Waals surface area contributed by atoms with Crippen LogP contribution in [0.3, 0.4) is 0 Å². The van der Waals surface area contributed by atoms with Gasteiger partial charge in [-0.05, 0) is 46.5 Å². The summed E-state index contributed by atoms with van der Waals surface area (Å²) < 4.78 is 13.5. The molecule has 0 aliphatic heterocycles. The van der Waals surface area contributed by atoms with Gasteiger partial charge in [-0.25, -0.2) is 9.37 Å². The summed E-state index contributed by atoms with van der Waals surface area (Å²) >= 11 is 4.80. The van der Waals surface area contributed by atoms with E-state index in [2.05, 4.69) is 20.9 Å². The van der Waals surface area contributed by atoms with Gasteiger partial charge in [0.1, 0.15) is 10.8 Å². The van der Waals surface area contributed by atoms with Crippen LogP contribution in [0.15, 0.2) is 33.8 Å². The maximum atomic E-state index is 12.9. The van der Waals surface area contributed by atoms with Crippen molar-refractivity contribution in [2.24, 2.45) is 0 Å². The molecule has 0 spiro atoms. The molecular weight excluding hydrogens is 317 g/mol. The van der Waals surface area contributed by atoms with Crippen molar-refractivity contribution in [2.75, 3.05) is 17.7 Å². The van der Waals surface area contributed by atoms with Gasteiger partial charge in [0, 0.05) is 5.56 Å². The molecule has 0 aliphatic rings. The van der Waals surface area contributed by atoms with Crippen LogP contribution < -0.4 is 11.5 Å². The molecule has 2 rings (SSSR count). The standard InChI is InChI=1S/C12H11BrFN3S/c1-18-12-10(16)9(15)8(13)11(17-12)6-2-4-7(14)5-3-6/h2-5H,16H2,1H3,(H2,15,17). The summed E-state index contributed by atoms with van der Waals surface area (Å²) in [6.45, 7) is 0. The van der Waals surface area contributed by atoms with Gasteiger partial charge in [0.2, 0.25) is 0 Å². The summed E-state index contributed by atoms with van der Waals surface area (Å²) in [4.78, 5) is 4.44. The molecule has 0 radical (unpaired) electrons. The van der Waals surface area contributed by atoms with Crippen LogP contribution >= 0.6 is 27.7 Å². The Kier molecular flexibility index (Phi) is 3.77. The third-order valence-electron chi connectivity index (χ3n) is 2.49. The summed E-state index contributed by atoms with van der Waals surface area (Å²) in [5, 5.41) is 0.662. The summed E-state index contributed by atoms with van der Waals surface area (Å²) in [6.07, 6.45) is 1.88. The van der Waals surface area contributed by atoms with Crippen molar-refractivity contribution < 1.29 is 4.39 Å². The number of benzene rings is 1. The number of nitrogen functional groups attached to an aromatic ring is 2. The molecule has 0 fully saturated rings. The average Bonchev–Trinajstić information content (AvgIpc) is 2.38. The van der Waals surface area contributed by atoms with Gasteiger partial charge in [0.15, 0.2) is 0 Å². The van der Waals surface area contributed by atoms with E-state index in [1.165, 1.54) is 23.9 Å². The number of pyridine rings is 1. The molecule has 0 aliphatic carbocycles. The van der Waals surface area contributed by atoms with Gasteiger partial charge in [-0.2, -0.15) is 0 Å². The summed E-state index contributed by atoms with van der Waals surface area (Å²) in [7, 11) is 0. The number of anilines is 2. The van der Waals surface area contributed by atoms with Crippen molar-refractivity contribution in [3.8, 4) is 11.3 Å². The lowest BCUT2D eigenvalue weighted by Crippen LogP contribution is -2.02. The van der Waals surface area contributed by atoms with Crippen molar-refractivity contribution >= 4 is 39.1 Å². The van der Waals surface area contributed by atoms with Crippen molar-refractivity contribution in [3.05, 3.63) is 34.6 Å². The fraction of sp³-hybridized carbons (Fsp3) is 0.0833. The second-order valence-corrected chi connectivity index (χ2v) is 5.21. The minimum absolute atomic E-state index is 0.289. The lowest BCUT2D eigenvalue weighted by atomic mass is 10.1. The molecule has 0 saturated heterocycles. The highest BCUT2D eigenvalue weighted by atomic mass is 79.9. The Morgan fingerprint density at radius 1 is 1.17 bits per heavy atom. The SMILES string of the molecule is CSc1nc(-c2ccc(F)cc2)c(Br)c(N)c1N. The van der Waals surface area contributed by atoms with E-state index < -0.39 is 0 Å². The Labute approximate surface area is 117 Å². The molecule has 1 heterocycles. The maximum absolute atomic E-state index is 12.9. The van der Waals surface area contributed by atoms with Gasteiger partial charge in [-0.3, -0.25) is 0 Å². The van der Waals surface area contributed by atoms with E-state index >= 15 is 0 Å². The summed E-state index contributed by atoms with van der Waals surface area (Å²) in [5.74, 6) is -0.289. The predicted molar refractivity (Wildman–Crippen MR) is 77.9 cm³/mol. The third kappa shape index (κ3) is 2.30. The quantitative estimate of drug-likeness (QED) is 0.828. The Balaban J connectivity index is 2.64. The number of nitrogens with zero attached hydrogens (tertiary/aromatic N) is 1. The van der Waals surface area contributed by atoms with Crippen LogP contribution in [0.4, 0.5) is 15.8 Å². The second-order valence-electron chi connectivity index (χ2n) is 3.62. The number of rotatable bonds is 2. The van der Waals surface area contributed by atoms with Gasteiger partial charge >= 0.3 is 0 Å². The van der Waals surface area contributed by atoms with Crippen LogP contribution in [0.25, 0.3) is 11.3 Å². The topological polar surface area (TPSA) is 64.9 Å². The molecule has 4 N–H and O–H groups in total. The van der Waals surface area contributed by atoms with Crippen LogP contribution in [0.1, 0.15) is 0 Å². The van der Waals surface area contributed by atoms with Crippen LogP contribution in [0.5, 0.6) is 0 Å². The zero-order chi connectivity index (χ0) is 13.3. The largest absolute Gasteiger partial charge is 0.396 e. The minimum Gasteiger partial charge on any atom is -0.396 e. The van der Waals surface area contributed by atoms with E-state index in [1.807, 2.05) is 6.26 Å². The number of halogens is 2. The first-order chi connectivity index (χ1) is 8.54. The number of hydrogen-bond donors (Lipinski definition) is 2. The molecule has 6 heteroatoms. The monoisotopic (exact) mass is 327 g/mol. The normalized spacial score (nSPS) is 10.6. The first-order valence-corrected chi connectivity index (χ1v) is 7.10. The molecule has 94 valence electrons. The first-order valence-electron chi connectivity index (χ1n) is 5.09. The molecular formula is C12H11BrFN3S. The molecule has 1 aromatic heterocycles. The number of nitrogens with two attached hydrogens (primary N) is 2. The van der Waals surface area contributed by atoms with Gasteiger partial charge in [0.05, 0.1) is 21.5 Å². The highest BCUT2D eigenvalue weighted by Gasteiger charge is 2.15. The van der Waals surface area contributed by atoms with Gasteiger partial charge in [-0.1, -0.05) is 0 Å². The highest BCUT2D eigenvalue weighted by molar-refractivity contribution is 9.10. The molecule has 2 aromatic rings. The zero-order valence-corrected chi connectivity index (χ0v) is 12.0. The smallest absolute Gasteiger partial charge is 0.123 e. The van der Waals surface area contributed by atoms with Crippen LogP contribution in [-0.2, 0) is 0 Å². The van der Waals surface area contributed by atoms with E-state index in [9.17, 15) is 4.39 Å². The van der Waals surface area contributed by atoms with Gasteiger partial charge in [0.25, 0.3) is 0 Å². The van der Waals surface area contributed by atoms with Gasteiger partial charge < -0.3 is 11.5 Å². The fourth-order valence-electron chi connectivity index (χ4n) is 1.53. The summed E-state index contributed by atoms with van der Waals surface area (Å²) in [6, 6.07) is 6.08. The molecule has 0 saturated carbocycles. The number of hydrogen-bond acceptors (Lipinski definition) is 4. The Hall–Kier alpha value is -1.27. The number of thioether (sulfide) groups is 1. The Bertz CT molecular complexity index is 587. The van der Waals surface area contributed by atoms with E-state index in [0.717, 1.165) is 5.56 Å². The van der Waals surface area contributed by atoms with Gasteiger partial charge in [-0.15, -0.1) is 11.8 Å². The maximum Gasteiger partial charge on any atom is 0.123 e. The predicted octanol–water partition coefficient (Wildman–Crippen LogP) is 3.54. The average molecular weight is 328 g/mol. The lowest BCUT2D eigenvalue weighted by molar-refractivity contribution is 0.628. The van der Waals surface area contributed by atoms with Crippen molar-refractivity contribution in [3.63, 3.8) is 0 Å². The fourth-order valence-corrected chi connectivity index (χ4v) is 2.57. The van der Waals surface area contributed by atoms with E-state index in [1.54, 1.807) is 12.1 Å². The van der Waals surface area contributed by atoms with Crippen LogP contribution in [-0.4, -0.2) is 11.2 Å². The third-order valence-corrected chi connectivity index (χ3v) is 3.99. The first kappa shape index (κ1) is 13.2. The van der Waals surface area contributed by atoms with E-state index in [-0.39, 0.29) is 5.82 Å². The van der Waals surface area contributed by atoms with Crippen molar-refractivity contribution in [1.82, 2.24) is 4.98 Å². The molecule has 0 amide bonds. The number of aromatic nitrogens is 1. The molecule has 0 atom stereocenters. The Morgan fingerprint density at radius 2 is 1.78 bits per heavy atom. The van der Waals surface area contributed by atoms with Crippen LogP contribution in [0, 0.1) is 5.82 Å². The van der Waals surface area contributed by atoms with Crippen molar-refractivity contribution in [2.45, 2.75) is 5.03 Å². The molecule has 3 nitrogen and oxygen atoms in total. The highest BCUT2D eigenvalue weighted by Crippen LogP contribution is 2.38. The molecule has 1 aromatic carbocycles. The lowest BCUT2D eigenvalue weighted by Gasteiger charge is -2.12. The zero-order valence-electron chi connectivity index (χ0n) is 9.58. The van der Waals surface area contributed by atoms with Crippen molar-refractivity contribution in [1.29, 1.82) is 0 Å².